The average Bonchev–Trinajstić information content (AvgIpc) is 2.48. The second kappa shape index (κ2) is 8.10. The lowest BCUT2D eigenvalue weighted by Crippen LogP contribution is -2.56. The molecule has 2 rings (SSSR count). The minimum absolute atomic E-state index is 0.0563. The molecule has 1 fully saturated rings. The zero-order chi connectivity index (χ0) is 20.4. The van der Waals surface area contributed by atoms with Crippen molar-refractivity contribution in [1.29, 1.82) is 0 Å². The molecule has 0 spiro atoms. The van der Waals surface area contributed by atoms with Crippen LogP contribution in [0, 0.1) is 16.0 Å². The minimum atomic E-state index is -0.674. The number of quaternary nitrogens is 1. The van der Waals surface area contributed by atoms with Crippen LogP contribution in [0.3, 0.4) is 0 Å². The maximum Gasteiger partial charge on any atom is 0.410 e. The second-order valence-electron chi connectivity index (χ2n) is 7.38. The number of halogens is 1. The number of nitro benzene ring substituents is 1. The molecular weight excluding hydrogens is 378 g/mol. The molecule has 10 heteroatoms. The predicted octanol–water partition coefficient (Wildman–Crippen LogP) is 2.27. The van der Waals surface area contributed by atoms with Gasteiger partial charge in [-0.3, -0.25) is 15.8 Å². The monoisotopic (exact) mass is 400 g/mol. The third kappa shape index (κ3) is 5.54. The van der Waals surface area contributed by atoms with Crippen LogP contribution in [0.1, 0.15) is 37.6 Å². The summed E-state index contributed by atoms with van der Waals surface area (Å²) in [6.07, 6.45) is 0.284. The van der Waals surface area contributed by atoms with Crippen LogP contribution in [-0.4, -0.2) is 47.1 Å². The Morgan fingerprint density at radius 2 is 2.00 bits per heavy atom. The molecule has 27 heavy (non-hydrogen) atoms. The van der Waals surface area contributed by atoms with Gasteiger partial charge >= 0.3 is 12.0 Å². The van der Waals surface area contributed by atoms with Gasteiger partial charge in [-0.2, -0.15) is 0 Å². The lowest BCUT2D eigenvalue weighted by molar-refractivity contribution is -0.384. The molecule has 1 aromatic rings. The molecule has 0 bridgehead atoms. The van der Waals surface area contributed by atoms with Crippen LogP contribution < -0.4 is 10.5 Å². The Bertz CT molecular complexity index is 756. The molecule has 1 saturated heterocycles. The van der Waals surface area contributed by atoms with E-state index in [0.29, 0.717) is 19.5 Å². The third-order valence-electron chi connectivity index (χ3n) is 3.93. The molecule has 9 nitrogen and oxygen atoms in total. The van der Waals surface area contributed by atoms with E-state index in [9.17, 15) is 19.7 Å². The molecule has 0 unspecified atom stereocenters. The summed E-state index contributed by atoms with van der Waals surface area (Å²) < 4.78 is 10.8. The van der Waals surface area contributed by atoms with E-state index in [0.717, 1.165) is 6.07 Å². The van der Waals surface area contributed by atoms with Gasteiger partial charge in [0.1, 0.15) is 11.4 Å². The van der Waals surface area contributed by atoms with Crippen LogP contribution in [0.15, 0.2) is 12.1 Å². The SMILES string of the molecule is CC(C)(C)OC(=O)N1CC(CCOc2cc(C([NH3+])=O)cc([N+](=O)[O-])c2Cl)C1. The number of nitrogens with zero attached hydrogens (tertiary/aromatic N) is 2. The van der Waals surface area contributed by atoms with Gasteiger partial charge in [0.25, 0.3) is 5.69 Å². The lowest BCUT2D eigenvalue weighted by atomic mass is 9.97. The standard InChI is InChI=1S/C17H22ClN3O6/c1-17(2,3)27-16(23)20-8-10(9-20)4-5-26-13-7-11(15(19)22)6-12(14(13)18)21(24)25/h6-7,10H,4-5,8-9H2,1-3H3,(H2,19,22)/p+1. The van der Waals surface area contributed by atoms with Crippen molar-refractivity contribution in [2.45, 2.75) is 32.8 Å². The number of likely N-dealkylation sites (tertiary alicyclic amines) is 1. The Morgan fingerprint density at radius 3 is 2.52 bits per heavy atom. The first kappa shape index (κ1) is 20.9. The van der Waals surface area contributed by atoms with Crippen molar-refractivity contribution in [1.82, 2.24) is 4.90 Å². The van der Waals surface area contributed by atoms with Crippen molar-refractivity contribution in [2.24, 2.45) is 5.92 Å². The molecule has 0 saturated carbocycles. The Morgan fingerprint density at radius 1 is 1.37 bits per heavy atom. The van der Waals surface area contributed by atoms with Gasteiger partial charge in [-0.25, -0.2) is 9.59 Å². The van der Waals surface area contributed by atoms with E-state index in [-0.39, 0.29) is 35.0 Å². The van der Waals surface area contributed by atoms with Crippen molar-refractivity contribution in [3.05, 3.63) is 32.8 Å². The number of ether oxygens (including phenoxy) is 2. The van der Waals surface area contributed by atoms with E-state index in [1.807, 2.05) is 20.8 Å². The first-order chi connectivity index (χ1) is 12.5. The molecule has 0 radical (unpaired) electrons. The van der Waals surface area contributed by atoms with E-state index in [4.69, 9.17) is 21.1 Å². The average molecular weight is 401 g/mol. The van der Waals surface area contributed by atoms with E-state index >= 15 is 0 Å². The molecule has 0 aromatic heterocycles. The second-order valence-corrected chi connectivity index (χ2v) is 7.75. The normalized spacial score (nSPS) is 14.5. The molecule has 1 aromatic carbocycles. The van der Waals surface area contributed by atoms with Crippen molar-refractivity contribution >= 4 is 29.3 Å². The van der Waals surface area contributed by atoms with Gasteiger partial charge < -0.3 is 14.4 Å². The fraction of sp³-hybridized carbons (Fsp3) is 0.529. The highest BCUT2D eigenvalue weighted by atomic mass is 35.5. The summed E-state index contributed by atoms with van der Waals surface area (Å²) in [6, 6.07) is 2.42. The topological polar surface area (TPSA) is 127 Å². The number of hydrogen-bond donors (Lipinski definition) is 1. The maximum atomic E-state index is 11.9. The van der Waals surface area contributed by atoms with E-state index in [2.05, 4.69) is 5.73 Å². The molecule has 3 N–H and O–H groups in total. The van der Waals surface area contributed by atoms with Gasteiger partial charge in [0.2, 0.25) is 0 Å². The number of nitro groups is 1. The summed E-state index contributed by atoms with van der Waals surface area (Å²) >= 11 is 6.00. The summed E-state index contributed by atoms with van der Waals surface area (Å²) in [4.78, 5) is 35.3. The highest BCUT2D eigenvalue weighted by Crippen LogP contribution is 2.35. The Hall–Kier alpha value is -2.39. The zero-order valence-corrected chi connectivity index (χ0v) is 16.2. The number of hydrogen-bond acceptors (Lipinski definition) is 6. The lowest BCUT2D eigenvalue weighted by Gasteiger charge is -2.39. The van der Waals surface area contributed by atoms with Crippen LogP contribution in [-0.2, 0) is 4.74 Å². The number of rotatable bonds is 6. The summed E-state index contributed by atoms with van der Waals surface area (Å²) in [6.45, 7) is 6.79. The van der Waals surface area contributed by atoms with Crippen molar-refractivity contribution < 1.29 is 29.7 Å². The summed E-state index contributed by atoms with van der Waals surface area (Å²) in [5.41, 5.74) is 2.37. The number of carbonyl (C=O) groups excluding carboxylic acids is 2. The first-order valence-corrected chi connectivity index (χ1v) is 8.80. The number of benzene rings is 1. The van der Waals surface area contributed by atoms with Crippen molar-refractivity contribution in [3.63, 3.8) is 0 Å². The fourth-order valence-corrected chi connectivity index (χ4v) is 2.78. The van der Waals surface area contributed by atoms with E-state index < -0.39 is 22.1 Å². The maximum absolute atomic E-state index is 11.9. The van der Waals surface area contributed by atoms with Gasteiger partial charge in [-0.15, -0.1) is 0 Å². The zero-order valence-electron chi connectivity index (χ0n) is 15.5. The third-order valence-corrected chi connectivity index (χ3v) is 4.31. The fourth-order valence-electron chi connectivity index (χ4n) is 2.55. The van der Waals surface area contributed by atoms with Crippen LogP contribution in [0.4, 0.5) is 10.5 Å². The van der Waals surface area contributed by atoms with Gasteiger partial charge in [0.05, 0.1) is 17.1 Å². The molecule has 1 aliphatic rings. The quantitative estimate of drug-likeness (QED) is 0.576. The molecule has 0 aliphatic carbocycles. The molecule has 2 amide bonds. The Kier molecular flexibility index (Phi) is 6.27. The van der Waals surface area contributed by atoms with Crippen LogP contribution in [0.2, 0.25) is 5.02 Å². The van der Waals surface area contributed by atoms with Gasteiger partial charge in [0, 0.05) is 19.2 Å². The van der Waals surface area contributed by atoms with Crippen LogP contribution in [0.5, 0.6) is 5.75 Å². The van der Waals surface area contributed by atoms with Gasteiger partial charge in [0.15, 0.2) is 5.02 Å². The Balaban J connectivity index is 1.89. The minimum Gasteiger partial charge on any atom is -0.492 e. The van der Waals surface area contributed by atoms with Crippen LogP contribution >= 0.6 is 11.6 Å². The highest BCUT2D eigenvalue weighted by Gasteiger charge is 2.33. The molecule has 148 valence electrons. The summed E-state index contributed by atoms with van der Waals surface area (Å²) in [7, 11) is 0. The van der Waals surface area contributed by atoms with Gasteiger partial charge in [-0.1, -0.05) is 11.6 Å². The van der Waals surface area contributed by atoms with E-state index in [1.165, 1.54) is 6.07 Å². The van der Waals surface area contributed by atoms with Crippen molar-refractivity contribution in [2.75, 3.05) is 19.7 Å². The van der Waals surface area contributed by atoms with Crippen LogP contribution in [0.25, 0.3) is 0 Å². The number of amides is 2. The smallest absolute Gasteiger partial charge is 0.410 e. The molecule has 0 atom stereocenters. The van der Waals surface area contributed by atoms with Gasteiger partial charge in [-0.05, 0) is 39.2 Å². The molecule has 1 aliphatic heterocycles. The predicted molar refractivity (Wildman–Crippen MR) is 96.7 cm³/mol. The van der Waals surface area contributed by atoms with E-state index in [1.54, 1.807) is 4.90 Å². The largest absolute Gasteiger partial charge is 0.492 e. The first-order valence-electron chi connectivity index (χ1n) is 8.43. The number of carbonyl (C=O) groups is 2. The highest BCUT2D eigenvalue weighted by molar-refractivity contribution is 6.34. The summed E-state index contributed by atoms with van der Waals surface area (Å²) in [5, 5.41) is 10.9. The Labute approximate surface area is 161 Å². The molecule has 1 heterocycles. The summed E-state index contributed by atoms with van der Waals surface area (Å²) in [5.74, 6) is -0.253. The van der Waals surface area contributed by atoms with Crippen molar-refractivity contribution in [3.8, 4) is 5.75 Å². The molecular formula is C17H23ClN3O6+.